The number of carbonyl (C=O) groups is 1. The molecule has 0 aromatic heterocycles. The van der Waals surface area contributed by atoms with Crippen LogP contribution in [0.15, 0.2) is 48.5 Å². The van der Waals surface area contributed by atoms with Crippen molar-refractivity contribution in [2.45, 2.75) is 24.3 Å². The fourth-order valence-electron chi connectivity index (χ4n) is 3.50. The highest BCUT2D eigenvalue weighted by atomic mass is 16.6. The number of nitrogens with zero attached hydrogens (tertiary/aromatic N) is 1. The van der Waals surface area contributed by atoms with Gasteiger partial charge in [0.25, 0.3) is 11.6 Å². The van der Waals surface area contributed by atoms with Crippen molar-refractivity contribution >= 4 is 11.6 Å². The van der Waals surface area contributed by atoms with Crippen LogP contribution in [0.1, 0.15) is 40.4 Å². The van der Waals surface area contributed by atoms with Crippen LogP contribution in [0.3, 0.4) is 0 Å². The summed E-state index contributed by atoms with van der Waals surface area (Å²) in [4.78, 5) is 23.0. The van der Waals surface area contributed by atoms with Gasteiger partial charge in [-0.1, -0.05) is 30.3 Å². The Morgan fingerprint density at radius 2 is 1.86 bits per heavy atom. The molecule has 4 rings (SSSR count). The molecule has 0 bridgehead atoms. The second kappa shape index (κ2) is 4.40. The summed E-state index contributed by atoms with van der Waals surface area (Å²) in [5, 5.41) is 14.1. The Hall–Kier alpha value is -2.69. The van der Waals surface area contributed by atoms with Gasteiger partial charge in [0.1, 0.15) is 0 Å². The monoisotopic (exact) mass is 294 g/mol. The maximum absolute atomic E-state index is 12.4. The summed E-state index contributed by atoms with van der Waals surface area (Å²) in [5.74, 6) is -0.156. The molecule has 1 fully saturated rings. The van der Waals surface area contributed by atoms with Gasteiger partial charge in [0, 0.05) is 23.1 Å². The van der Waals surface area contributed by atoms with Gasteiger partial charge in [0.2, 0.25) is 0 Å². The van der Waals surface area contributed by atoms with E-state index in [1.54, 1.807) is 12.1 Å². The van der Waals surface area contributed by atoms with E-state index in [1.165, 1.54) is 6.07 Å². The zero-order chi connectivity index (χ0) is 15.3. The van der Waals surface area contributed by atoms with Gasteiger partial charge < -0.3 is 5.32 Å². The lowest BCUT2D eigenvalue weighted by Crippen LogP contribution is -2.42. The van der Waals surface area contributed by atoms with Crippen molar-refractivity contribution in [1.29, 1.82) is 0 Å². The van der Waals surface area contributed by atoms with E-state index in [1.807, 2.05) is 30.3 Å². The molecule has 110 valence electrons. The first kappa shape index (κ1) is 13.0. The molecule has 2 aromatic rings. The molecule has 2 aliphatic rings. The highest BCUT2D eigenvalue weighted by molar-refractivity contribution is 5.98. The number of hydrogen-bond donors (Lipinski definition) is 1. The zero-order valence-corrected chi connectivity index (χ0v) is 11.8. The Morgan fingerprint density at radius 3 is 2.50 bits per heavy atom. The third-order valence-corrected chi connectivity index (χ3v) is 4.74. The van der Waals surface area contributed by atoms with Gasteiger partial charge in [-0.15, -0.1) is 0 Å². The second-order valence-electron chi connectivity index (χ2n) is 5.96. The van der Waals surface area contributed by atoms with Crippen LogP contribution in [-0.2, 0) is 5.41 Å². The Labute approximate surface area is 127 Å². The fourth-order valence-corrected chi connectivity index (χ4v) is 3.50. The van der Waals surface area contributed by atoms with Crippen LogP contribution in [-0.4, -0.2) is 10.8 Å². The lowest BCUT2D eigenvalue weighted by Gasteiger charge is -2.34. The van der Waals surface area contributed by atoms with Crippen LogP contribution in [0.4, 0.5) is 5.69 Å². The summed E-state index contributed by atoms with van der Waals surface area (Å²) >= 11 is 0. The number of fused-ring (bicyclic) bond motifs is 2. The van der Waals surface area contributed by atoms with Gasteiger partial charge in [0.05, 0.1) is 11.0 Å². The molecule has 0 saturated heterocycles. The van der Waals surface area contributed by atoms with E-state index >= 15 is 0 Å². The molecule has 22 heavy (non-hydrogen) atoms. The van der Waals surface area contributed by atoms with E-state index < -0.39 is 4.92 Å². The van der Waals surface area contributed by atoms with Gasteiger partial charge in [0.15, 0.2) is 0 Å². The van der Waals surface area contributed by atoms with Crippen molar-refractivity contribution in [3.63, 3.8) is 0 Å². The largest absolute Gasteiger partial charge is 0.344 e. The highest BCUT2D eigenvalue weighted by Gasteiger charge is 2.56. The Morgan fingerprint density at radius 1 is 1.14 bits per heavy atom. The molecule has 5 nitrogen and oxygen atoms in total. The second-order valence-corrected chi connectivity index (χ2v) is 5.96. The molecule has 0 radical (unpaired) electrons. The van der Waals surface area contributed by atoms with Crippen molar-refractivity contribution in [2.24, 2.45) is 0 Å². The van der Waals surface area contributed by atoms with Gasteiger partial charge >= 0.3 is 0 Å². The molecule has 1 saturated carbocycles. The molecule has 1 spiro atoms. The first-order chi connectivity index (χ1) is 10.6. The SMILES string of the molecule is O=C1NC(c2ccccc2)C2(CC2)c2cc([N+](=O)[O-])ccc21. The molecule has 1 atom stereocenters. The number of nitrogens with one attached hydrogen (secondary N) is 1. The standard InChI is InChI=1S/C17H14N2O3/c20-16-13-7-6-12(19(21)22)10-14(13)17(8-9-17)15(18-16)11-4-2-1-3-5-11/h1-7,10,15H,8-9H2,(H,18,20). The first-order valence-corrected chi connectivity index (χ1v) is 7.26. The molecule has 1 aliphatic carbocycles. The fraction of sp³-hybridized carbons (Fsp3) is 0.235. The van der Waals surface area contributed by atoms with Crippen molar-refractivity contribution in [1.82, 2.24) is 5.32 Å². The predicted octanol–water partition coefficient (Wildman–Crippen LogP) is 3.11. The number of nitro groups is 1. The lowest BCUT2D eigenvalue weighted by atomic mass is 9.78. The third kappa shape index (κ3) is 1.75. The van der Waals surface area contributed by atoms with Crippen LogP contribution in [0.25, 0.3) is 0 Å². The Balaban J connectivity index is 1.87. The highest BCUT2D eigenvalue weighted by Crippen LogP contribution is 2.59. The minimum atomic E-state index is -0.402. The average molecular weight is 294 g/mol. The third-order valence-electron chi connectivity index (χ3n) is 4.74. The normalized spacial score (nSPS) is 21.1. The molecule has 1 heterocycles. The van der Waals surface area contributed by atoms with Crippen LogP contribution in [0, 0.1) is 10.1 Å². The first-order valence-electron chi connectivity index (χ1n) is 7.26. The smallest absolute Gasteiger partial charge is 0.269 e. The van der Waals surface area contributed by atoms with Gasteiger partial charge in [-0.2, -0.15) is 0 Å². The average Bonchev–Trinajstić information content (AvgIpc) is 3.33. The van der Waals surface area contributed by atoms with Gasteiger partial charge in [-0.25, -0.2) is 0 Å². The number of benzene rings is 2. The quantitative estimate of drug-likeness (QED) is 0.683. The molecule has 5 heteroatoms. The van der Waals surface area contributed by atoms with E-state index in [2.05, 4.69) is 5.32 Å². The predicted molar refractivity (Wildman–Crippen MR) is 80.7 cm³/mol. The maximum atomic E-state index is 12.4. The molecule has 1 aliphatic heterocycles. The minimum absolute atomic E-state index is 0.0477. The van der Waals surface area contributed by atoms with E-state index in [0.29, 0.717) is 5.56 Å². The summed E-state index contributed by atoms with van der Waals surface area (Å²) in [5.41, 5.74) is 2.28. The van der Waals surface area contributed by atoms with Gasteiger partial charge in [-0.3, -0.25) is 14.9 Å². The van der Waals surface area contributed by atoms with Crippen LogP contribution in [0.2, 0.25) is 0 Å². The summed E-state index contributed by atoms with van der Waals surface area (Å²) in [6.07, 6.45) is 1.86. The van der Waals surface area contributed by atoms with E-state index in [9.17, 15) is 14.9 Å². The molecule has 1 N–H and O–H groups in total. The number of hydrogen-bond acceptors (Lipinski definition) is 3. The number of non-ortho nitro benzene ring substituents is 1. The van der Waals surface area contributed by atoms with E-state index in [-0.39, 0.29) is 23.1 Å². The van der Waals surface area contributed by atoms with Crippen LogP contribution < -0.4 is 5.32 Å². The summed E-state index contributed by atoms with van der Waals surface area (Å²) in [6, 6.07) is 14.3. The van der Waals surface area contributed by atoms with Crippen molar-refractivity contribution in [2.75, 3.05) is 0 Å². The lowest BCUT2D eigenvalue weighted by molar-refractivity contribution is -0.385. The van der Waals surface area contributed by atoms with Crippen molar-refractivity contribution in [3.8, 4) is 0 Å². The molecule has 1 amide bonds. The van der Waals surface area contributed by atoms with E-state index in [4.69, 9.17) is 0 Å². The molecular formula is C17H14N2O3. The molecular weight excluding hydrogens is 280 g/mol. The zero-order valence-electron chi connectivity index (χ0n) is 11.8. The van der Waals surface area contributed by atoms with Crippen molar-refractivity contribution < 1.29 is 9.72 Å². The number of carbonyl (C=O) groups excluding carboxylic acids is 1. The topological polar surface area (TPSA) is 72.2 Å². The number of nitro benzene ring substituents is 1. The molecule has 2 aromatic carbocycles. The van der Waals surface area contributed by atoms with Crippen LogP contribution >= 0.6 is 0 Å². The summed E-state index contributed by atoms with van der Waals surface area (Å²) in [6.45, 7) is 0. The summed E-state index contributed by atoms with van der Waals surface area (Å²) in [7, 11) is 0. The Kier molecular flexibility index (Phi) is 2.60. The van der Waals surface area contributed by atoms with Gasteiger partial charge in [-0.05, 0) is 30.0 Å². The van der Waals surface area contributed by atoms with E-state index in [0.717, 1.165) is 24.0 Å². The maximum Gasteiger partial charge on any atom is 0.269 e. The van der Waals surface area contributed by atoms with Crippen molar-refractivity contribution in [3.05, 3.63) is 75.3 Å². The van der Waals surface area contributed by atoms with Crippen LogP contribution in [0.5, 0.6) is 0 Å². The Bertz CT molecular complexity index is 782. The summed E-state index contributed by atoms with van der Waals surface area (Å²) < 4.78 is 0. The molecule has 1 unspecified atom stereocenters. The number of rotatable bonds is 2. The minimum Gasteiger partial charge on any atom is -0.344 e. The number of amides is 1.